The number of hydrogen-bond acceptors (Lipinski definition) is 2. The van der Waals surface area contributed by atoms with Gasteiger partial charge >= 0.3 is 0 Å². The molecule has 2 nitrogen and oxygen atoms in total. The standard InChI is InChI=1S/C22H12BrCl3FNO/c23-18-7-14(6-16(11-28)15-2-1-3-17(27)10-15)9-21(26)22(18)29-12-13-4-5-19(24)20(25)8-13/h1-10H,12H2/b16-6-. The van der Waals surface area contributed by atoms with Gasteiger partial charge in [0, 0.05) is 0 Å². The Morgan fingerprint density at radius 3 is 2.48 bits per heavy atom. The fraction of sp³-hybridized carbons (Fsp3) is 0.0455. The van der Waals surface area contributed by atoms with Crippen LogP contribution in [0.25, 0.3) is 11.6 Å². The first-order valence-corrected chi connectivity index (χ1v) is 10.2. The number of nitriles is 1. The molecule has 0 spiro atoms. The third-order valence-electron chi connectivity index (χ3n) is 3.95. The highest BCUT2D eigenvalue weighted by Crippen LogP contribution is 2.36. The van der Waals surface area contributed by atoms with Crippen molar-refractivity contribution >= 4 is 62.4 Å². The Balaban J connectivity index is 1.85. The first-order chi connectivity index (χ1) is 13.9. The highest BCUT2D eigenvalue weighted by Gasteiger charge is 2.11. The van der Waals surface area contributed by atoms with E-state index in [2.05, 4.69) is 22.0 Å². The van der Waals surface area contributed by atoms with Crippen LogP contribution >= 0.6 is 50.7 Å². The van der Waals surface area contributed by atoms with Crippen LogP contribution in [0.4, 0.5) is 4.39 Å². The number of nitrogens with zero attached hydrogens (tertiary/aromatic N) is 1. The van der Waals surface area contributed by atoms with E-state index in [0.29, 0.717) is 42.0 Å². The van der Waals surface area contributed by atoms with Gasteiger partial charge in [0.05, 0.1) is 31.2 Å². The van der Waals surface area contributed by atoms with E-state index in [0.717, 1.165) is 5.56 Å². The summed E-state index contributed by atoms with van der Waals surface area (Å²) in [6.07, 6.45) is 1.63. The Bertz CT molecular complexity index is 1120. The quantitative estimate of drug-likeness (QED) is 0.256. The molecule has 0 aliphatic rings. The lowest BCUT2D eigenvalue weighted by molar-refractivity contribution is 0.304. The predicted molar refractivity (Wildman–Crippen MR) is 120 cm³/mol. The lowest BCUT2D eigenvalue weighted by Gasteiger charge is -2.12. The fourth-order valence-corrected chi connectivity index (χ4v) is 3.90. The molecule has 0 saturated heterocycles. The average Bonchev–Trinajstić information content (AvgIpc) is 2.68. The molecule has 3 aromatic carbocycles. The van der Waals surface area contributed by atoms with Crippen LogP contribution < -0.4 is 4.74 Å². The van der Waals surface area contributed by atoms with E-state index in [1.165, 1.54) is 12.1 Å². The largest absolute Gasteiger partial charge is 0.486 e. The van der Waals surface area contributed by atoms with Crippen molar-refractivity contribution in [2.45, 2.75) is 6.61 Å². The monoisotopic (exact) mass is 509 g/mol. The summed E-state index contributed by atoms with van der Waals surface area (Å²) in [5.74, 6) is 0.0491. The zero-order valence-electron chi connectivity index (χ0n) is 14.7. The van der Waals surface area contributed by atoms with Gasteiger partial charge < -0.3 is 4.74 Å². The van der Waals surface area contributed by atoms with E-state index < -0.39 is 5.82 Å². The van der Waals surface area contributed by atoms with Gasteiger partial charge in [0.25, 0.3) is 0 Å². The van der Waals surface area contributed by atoms with Gasteiger partial charge in [-0.25, -0.2) is 4.39 Å². The van der Waals surface area contributed by atoms with E-state index in [9.17, 15) is 9.65 Å². The number of allylic oxidation sites excluding steroid dienone is 1. The summed E-state index contributed by atoms with van der Waals surface area (Å²) in [6, 6.07) is 16.6. The molecule has 0 saturated carbocycles. The van der Waals surface area contributed by atoms with Gasteiger partial charge in [0.2, 0.25) is 0 Å². The minimum Gasteiger partial charge on any atom is -0.486 e. The lowest BCUT2D eigenvalue weighted by Crippen LogP contribution is -1.97. The maximum absolute atomic E-state index is 13.5. The molecular formula is C22H12BrCl3FNO. The van der Waals surface area contributed by atoms with Crippen LogP contribution in [0.2, 0.25) is 15.1 Å². The molecule has 3 rings (SSSR count). The molecule has 0 fully saturated rings. The van der Waals surface area contributed by atoms with E-state index >= 15 is 0 Å². The van der Waals surface area contributed by atoms with Crippen molar-refractivity contribution in [3.63, 3.8) is 0 Å². The summed E-state index contributed by atoms with van der Waals surface area (Å²) in [5, 5.41) is 10.7. The summed E-state index contributed by atoms with van der Waals surface area (Å²) in [6.45, 7) is 0.247. The van der Waals surface area contributed by atoms with Crippen molar-refractivity contribution in [3.05, 3.63) is 96.6 Å². The lowest BCUT2D eigenvalue weighted by atomic mass is 10.0. The molecule has 0 amide bonds. The molecule has 0 aliphatic carbocycles. The number of ether oxygens (including phenoxy) is 1. The SMILES string of the molecule is N#C/C(=C/c1cc(Cl)c(OCc2ccc(Cl)c(Cl)c2)c(Br)c1)c1cccc(F)c1. The number of halogens is 5. The van der Waals surface area contributed by atoms with Crippen molar-refractivity contribution in [2.75, 3.05) is 0 Å². The Morgan fingerprint density at radius 1 is 1.03 bits per heavy atom. The molecule has 0 aliphatic heterocycles. The van der Waals surface area contributed by atoms with Gasteiger partial charge in [-0.2, -0.15) is 5.26 Å². The topological polar surface area (TPSA) is 33.0 Å². The second-order valence-corrected chi connectivity index (χ2v) is 8.11. The van der Waals surface area contributed by atoms with E-state index in [1.54, 1.807) is 42.5 Å². The molecule has 146 valence electrons. The predicted octanol–water partition coefficient (Wildman–Crippen LogP) is 8.19. The van der Waals surface area contributed by atoms with Crippen molar-refractivity contribution in [2.24, 2.45) is 0 Å². The molecule has 29 heavy (non-hydrogen) atoms. The van der Waals surface area contributed by atoms with Crippen LogP contribution in [0.3, 0.4) is 0 Å². The van der Waals surface area contributed by atoms with E-state index in [1.807, 2.05) is 6.07 Å². The zero-order valence-corrected chi connectivity index (χ0v) is 18.6. The molecule has 0 atom stereocenters. The molecule has 0 bridgehead atoms. The average molecular weight is 512 g/mol. The summed E-state index contributed by atoms with van der Waals surface area (Å²) in [7, 11) is 0. The maximum atomic E-state index is 13.5. The fourth-order valence-electron chi connectivity index (χ4n) is 2.59. The van der Waals surface area contributed by atoms with E-state index in [4.69, 9.17) is 39.5 Å². The molecule has 7 heteroatoms. The van der Waals surface area contributed by atoms with Crippen LogP contribution in [0.15, 0.2) is 59.1 Å². The van der Waals surface area contributed by atoms with Crippen molar-refractivity contribution in [1.82, 2.24) is 0 Å². The molecular weight excluding hydrogens is 500 g/mol. The summed E-state index contributed by atoms with van der Waals surface area (Å²) >= 11 is 21.8. The van der Waals surface area contributed by atoms with Gasteiger partial charge in [0.1, 0.15) is 12.4 Å². The van der Waals surface area contributed by atoms with Crippen LogP contribution in [-0.2, 0) is 6.61 Å². The van der Waals surface area contributed by atoms with Crippen LogP contribution in [0.1, 0.15) is 16.7 Å². The number of rotatable bonds is 5. The van der Waals surface area contributed by atoms with Gasteiger partial charge in [-0.05, 0) is 75.1 Å². The van der Waals surface area contributed by atoms with Gasteiger partial charge in [-0.3, -0.25) is 0 Å². The Labute approximate surface area is 191 Å². The smallest absolute Gasteiger partial charge is 0.152 e. The Kier molecular flexibility index (Phi) is 7.21. The van der Waals surface area contributed by atoms with Crippen LogP contribution in [-0.4, -0.2) is 0 Å². The number of hydrogen-bond donors (Lipinski definition) is 0. The molecule has 0 unspecified atom stereocenters. The molecule has 3 aromatic rings. The summed E-state index contributed by atoms with van der Waals surface area (Å²) in [4.78, 5) is 0. The molecule has 0 heterocycles. The Morgan fingerprint density at radius 2 is 1.83 bits per heavy atom. The van der Waals surface area contributed by atoms with Gasteiger partial charge in [-0.15, -0.1) is 0 Å². The second kappa shape index (κ2) is 9.65. The maximum Gasteiger partial charge on any atom is 0.152 e. The minimum atomic E-state index is -0.408. The van der Waals surface area contributed by atoms with Crippen molar-refractivity contribution < 1.29 is 9.13 Å². The number of benzene rings is 3. The molecule has 0 N–H and O–H groups in total. The van der Waals surface area contributed by atoms with Crippen LogP contribution in [0.5, 0.6) is 5.75 Å². The zero-order chi connectivity index (χ0) is 21.0. The van der Waals surface area contributed by atoms with E-state index in [-0.39, 0.29) is 6.61 Å². The second-order valence-electron chi connectivity index (χ2n) is 6.03. The third kappa shape index (κ3) is 5.52. The summed E-state index contributed by atoms with van der Waals surface area (Å²) in [5.41, 5.74) is 2.31. The van der Waals surface area contributed by atoms with Crippen molar-refractivity contribution in [3.8, 4) is 11.8 Å². The first kappa shape index (κ1) is 21.7. The summed E-state index contributed by atoms with van der Waals surface area (Å²) < 4.78 is 19.9. The highest BCUT2D eigenvalue weighted by molar-refractivity contribution is 9.10. The van der Waals surface area contributed by atoms with Gasteiger partial charge in [-0.1, -0.05) is 53.0 Å². The molecule has 0 radical (unpaired) electrons. The Hall–Kier alpha value is -2.03. The first-order valence-electron chi connectivity index (χ1n) is 8.31. The van der Waals surface area contributed by atoms with Gasteiger partial charge in [0.15, 0.2) is 5.75 Å². The highest BCUT2D eigenvalue weighted by atomic mass is 79.9. The van der Waals surface area contributed by atoms with Crippen LogP contribution in [0, 0.1) is 17.1 Å². The normalized spacial score (nSPS) is 11.2. The third-order valence-corrected chi connectivity index (χ3v) is 5.56. The molecule has 0 aromatic heterocycles. The minimum absolute atomic E-state index is 0.247. The van der Waals surface area contributed by atoms with Crippen molar-refractivity contribution in [1.29, 1.82) is 5.26 Å².